The fraction of sp³-hybridized carbons (Fsp3) is 0.286. The molecule has 0 N–H and O–H groups in total. The molecular weight excluding hydrogens is 422 g/mol. The molecule has 0 spiro atoms. The number of aryl methyl sites for hydroxylation is 1. The van der Waals surface area contributed by atoms with Crippen molar-refractivity contribution in [2.75, 3.05) is 13.1 Å². The number of para-hydroxylation sites is 1. The third kappa shape index (κ3) is 4.09. The van der Waals surface area contributed by atoms with Crippen LogP contribution in [0.1, 0.15) is 40.8 Å². The highest BCUT2D eigenvalue weighted by Gasteiger charge is 2.30. The Balaban J connectivity index is 1.54. The smallest absolute Gasteiger partial charge is 0.257 e. The Morgan fingerprint density at radius 1 is 1.25 bits per heavy atom. The quantitative estimate of drug-likeness (QED) is 0.572. The summed E-state index contributed by atoms with van der Waals surface area (Å²) >= 11 is 3.44. The van der Waals surface area contributed by atoms with Gasteiger partial charge in [-0.3, -0.25) is 4.79 Å². The number of piperidine rings is 1. The summed E-state index contributed by atoms with van der Waals surface area (Å²) in [5.41, 5.74) is 0.546. The number of hydrogen-bond acceptors (Lipinski definition) is 5. The molecule has 1 unspecified atom stereocenters. The van der Waals surface area contributed by atoms with E-state index in [1.165, 1.54) is 0 Å². The van der Waals surface area contributed by atoms with Gasteiger partial charge in [-0.2, -0.15) is 4.98 Å². The van der Waals surface area contributed by atoms with Gasteiger partial charge in [0.25, 0.3) is 5.91 Å². The molecule has 1 saturated heterocycles. The molecule has 2 aromatic carbocycles. The van der Waals surface area contributed by atoms with E-state index in [1.54, 1.807) is 13.0 Å². The molecule has 2 heterocycles. The van der Waals surface area contributed by atoms with E-state index in [9.17, 15) is 4.79 Å². The minimum Gasteiger partial charge on any atom is -0.456 e. The molecule has 0 radical (unpaired) electrons. The molecular formula is C21H20BrN3O3. The van der Waals surface area contributed by atoms with Crippen molar-refractivity contribution in [2.45, 2.75) is 25.7 Å². The van der Waals surface area contributed by atoms with E-state index in [4.69, 9.17) is 9.26 Å². The van der Waals surface area contributed by atoms with Crippen molar-refractivity contribution in [3.63, 3.8) is 0 Å². The second-order valence-electron chi connectivity index (χ2n) is 6.83. The molecule has 6 nitrogen and oxygen atoms in total. The average Bonchev–Trinajstić information content (AvgIpc) is 3.14. The SMILES string of the molecule is Cc1noc(C2CCCN(C(=O)c3ccccc3Oc3cccc(Br)c3)C2)n1. The molecule has 0 aliphatic carbocycles. The predicted octanol–water partition coefficient (Wildman–Crippen LogP) is 4.95. The number of nitrogens with zero attached hydrogens (tertiary/aromatic N) is 3. The summed E-state index contributed by atoms with van der Waals surface area (Å²) in [5, 5.41) is 3.87. The molecule has 3 aromatic rings. The average molecular weight is 442 g/mol. The topological polar surface area (TPSA) is 68.5 Å². The highest BCUT2D eigenvalue weighted by molar-refractivity contribution is 9.10. The van der Waals surface area contributed by atoms with Crippen LogP contribution >= 0.6 is 15.9 Å². The summed E-state index contributed by atoms with van der Waals surface area (Å²) in [7, 11) is 0. The molecule has 1 aliphatic heterocycles. The van der Waals surface area contributed by atoms with E-state index >= 15 is 0 Å². The van der Waals surface area contributed by atoms with Gasteiger partial charge in [0.05, 0.1) is 11.5 Å². The maximum absolute atomic E-state index is 13.2. The van der Waals surface area contributed by atoms with Gasteiger partial charge in [-0.05, 0) is 50.1 Å². The van der Waals surface area contributed by atoms with E-state index in [0.29, 0.717) is 41.9 Å². The summed E-state index contributed by atoms with van der Waals surface area (Å²) in [4.78, 5) is 19.4. The Morgan fingerprint density at radius 2 is 2.11 bits per heavy atom. The predicted molar refractivity (Wildman–Crippen MR) is 108 cm³/mol. The van der Waals surface area contributed by atoms with Crippen molar-refractivity contribution in [2.24, 2.45) is 0 Å². The Labute approximate surface area is 171 Å². The lowest BCUT2D eigenvalue weighted by atomic mass is 9.97. The molecule has 4 rings (SSSR count). The van der Waals surface area contributed by atoms with Gasteiger partial charge in [0.2, 0.25) is 5.89 Å². The molecule has 1 atom stereocenters. The van der Waals surface area contributed by atoms with Crippen molar-refractivity contribution in [1.29, 1.82) is 0 Å². The van der Waals surface area contributed by atoms with Crippen molar-refractivity contribution >= 4 is 21.8 Å². The van der Waals surface area contributed by atoms with Crippen LogP contribution in [0.3, 0.4) is 0 Å². The maximum atomic E-state index is 13.2. The Morgan fingerprint density at radius 3 is 2.89 bits per heavy atom. The van der Waals surface area contributed by atoms with Gasteiger partial charge in [-0.15, -0.1) is 0 Å². The van der Waals surface area contributed by atoms with Crippen LogP contribution < -0.4 is 4.74 Å². The number of hydrogen-bond donors (Lipinski definition) is 0. The number of rotatable bonds is 4. The zero-order valence-electron chi connectivity index (χ0n) is 15.5. The van der Waals surface area contributed by atoms with E-state index in [1.807, 2.05) is 47.4 Å². The first-order valence-corrected chi connectivity index (χ1v) is 10.0. The van der Waals surface area contributed by atoms with E-state index in [-0.39, 0.29) is 11.8 Å². The minimum atomic E-state index is -0.0495. The number of likely N-dealkylation sites (tertiary alicyclic amines) is 1. The molecule has 1 amide bonds. The van der Waals surface area contributed by atoms with Crippen molar-refractivity contribution < 1.29 is 14.1 Å². The Bertz CT molecular complexity index is 988. The van der Waals surface area contributed by atoms with Crippen LogP contribution in [0.5, 0.6) is 11.5 Å². The van der Waals surface area contributed by atoms with Crippen molar-refractivity contribution in [1.82, 2.24) is 15.0 Å². The van der Waals surface area contributed by atoms with Gasteiger partial charge in [0.1, 0.15) is 11.5 Å². The molecule has 1 aliphatic rings. The Hall–Kier alpha value is -2.67. The van der Waals surface area contributed by atoms with Crippen molar-refractivity contribution in [3.8, 4) is 11.5 Å². The molecule has 1 aromatic heterocycles. The van der Waals surface area contributed by atoms with Crippen LogP contribution in [0.15, 0.2) is 57.5 Å². The van der Waals surface area contributed by atoms with Crippen LogP contribution in [0.25, 0.3) is 0 Å². The first-order chi connectivity index (χ1) is 13.6. The largest absolute Gasteiger partial charge is 0.456 e. The molecule has 144 valence electrons. The van der Waals surface area contributed by atoms with Crippen LogP contribution in [0.2, 0.25) is 0 Å². The number of halogens is 1. The molecule has 1 fully saturated rings. The van der Waals surface area contributed by atoms with E-state index in [2.05, 4.69) is 26.1 Å². The van der Waals surface area contributed by atoms with Gasteiger partial charge in [0, 0.05) is 17.6 Å². The first kappa shape index (κ1) is 18.7. The summed E-state index contributed by atoms with van der Waals surface area (Å²) in [5.74, 6) is 2.46. The lowest BCUT2D eigenvalue weighted by Gasteiger charge is -2.31. The molecule has 0 bridgehead atoms. The standard InChI is InChI=1S/C21H20BrN3O3/c1-14-23-20(28-24-14)15-6-5-11-25(13-15)21(26)18-9-2-3-10-19(18)27-17-8-4-7-16(22)12-17/h2-4,7-10,12,15H,5-6,11,13H2,1H3. The Kier molecular flexibility index (Phi) is 5.43. The molecule has 7 heteroatoms. The van der Waals surface area contributed by atoms with Gasteiger partial charge < -0.3 is 14.2 Å². The van der Waals surface area contributed by atoms with Crippen LogP contribution in [0, 0.1) is 6.92 Å². The van der Waals surface area contributed by atoms with Gasteiger partial charge in [-0.25, -0.2) is 0 Å². The second-order valence-corrected chi connectivity index (χ2v) is 7.74. The van der Waals surface area contributed by atoms with Crippen LogP contribution in [-0.4, -0.2) is 34.0 Å². The van der Waals surface area contributed by atoms with Crippen LogP contribution in [0.4, 0.5) is 0 Å². The fourth-order valence-electron chi connectivity index (χ4n) is 3.40. The number of benzene rings is 2. The van der Waals surface area contributed by atoms with Gasteiger partial charge >= 0.3 is 0 Å². The van der Waals surface area contributed by atoms with E-state index in [0.717, 1.165) is 17.3 Å². The monoisotopic (exact) mass is 441 g/mol. The minimum absolute atomic E-state index is 0.0495. The second kappa shape index (κ2) is 8.14. The number of amides is 1. The zero-order chi connectivity index (χ0) is 19.5. The number of carbonyl (C=O) groups is 1. The summed E-state index contributed by atoms with van der Waals surface area (Å²) in [6.45, 7) is 3.06. The summed E-state index contributed by atoms with van der Waals surface area (Å²) in [6, 6.07) is 14.9. The maximum Gasteiger partial charge on any atom is 0.257 e. The number of carbonyl (C=O) groups excluding carboxylic acids is 1. The third-order valence-corrected chi connectivity index (χ3v) is 5.24. The van der Waals surface area contributed by atoms with Gasteiger partial charge in [0.15, 0.2) is 5.82 Å². The lowest BCUT2D eigenvalue weighted by Crippen LogP contribution is -2.39. The van der Waals surface area contributed by atoms with E-state index < -0.39 is 0 Å². The number of aromatic nitrogens is 2. The van der Waals surface area contributed by atoms with Gasteiger partial charge in [-0.1, -0.05) is 39.3 Å². The molecule has 28 heavy (non-hydrogen) atoms. The highest BCUT2D eigenvalue weighted by Crippen LogP contribution is 2.31. The highest BCUT2D eigenvalue weighted by atomic mass is 79.9. The van der Waals surface area contributed by atoms with Crippen molar-refractivity contribution in [3.05, 3.63) is 70.3 Å². The lowest BCUT2D eigenvalue weighted by molar-refractivity contribution is 0.0693. The molecule has 0 saturated carbocycles. The first-order valence-electron chi connectivity index (χ1n) is 9.22. The third-order valence-electron chi connectivity index (χ3n) is 4.74. The van der Waals surface area contributed by atoms with Crippen LogP contribution in [-0.2, 0) is 0 Å². The summed E-state index contributed by atoms with van der Waals surface area (Å²) < 4.78 is 12.2. The normalized spacial score (nSPS) is 16.8. The number of ether oxygens (including phenoxy) is 1. The zero-order valence-corrected chi connectivity index (χ0v) is 17.1. The summed E-state index contributed by atoms with van der Waals surface area (Å²) in [6.07, 6.45) is 1.83. The fourth-order valence-corrected chi connectivity index (χ4v) is 3.78.